The summed E-state index contributed by atoms with van der Waals surface area (Å²) in [7, 11) is 0. The molecule has 0 aliphatic heterocycles. The van der Waals surface area contributed by atoms with E-state index in [4.69, 9.17) is 20.4 Å². The van der Waals surface area contributed by atoms with E-state index in [2.05, 4.69) is 117 Å². The number of thiophene rings is 1. The van der Waals surface area contributed by atoms with Crippen molar-refractivity contribution in [3.8, 4) is 33.1 Å². The molecule has 0 fully saturated rings. The largest absolute Gasteiger partial charge is 0.512 e. The number of hydrogen-bond acceptors (Lipinski definition) is 14. The number of pyridine rings is 5. The third kappa shape index (κ3) is 37.9. The summed E-state index contributed by atoms with van der Waals surface area (Å²) in [6.45, 7) is 13.4. The number of aliphatic hydroxyl groups excluding tert-OH is 4. The molecule has 0 saturated carbocycles. The zero-order valence-electron chi connectivity index (χ0n) is 54.4. The number of allylic oxidation sites excluding steroid dienone is 8. The van der Waals surface area contributed by atoms with Crippen LogP contribution in [0.5, 0.6) is 0 Å². The Morgan fingerprint density at radius 1 is 0.351 bits per heavy atom. The first-order chi connectivity index (χ1) is 44.2. The second-order valence-corrected chi connectivity index (χ2v) is 20.6. The van der Waals surface area contributed by atoms with Gasteiger partial charge in [-0.15, -0.1) is 147 Å². The fraction of sp³-hybridized carbons (Fsp3) is 0.115. The van der Waals surface area contributed by atoms with Crippen LogP contribution in [0.1, 0.15) is 61.0 Å². The molecule has 6 heterocycles. The van der Waals surface area contributed by atoms with Crippen LogP contribution in [-0.2, 0) is 120 Å². The maximum absolute atomic E-state index is 10.0. The standard InChI is InChI=1S/2C13H8N.C12H10N.C11H8N.C9H6NS.4C5H8O2.5Ir/c2*1-2-6-12-10(4-1)7-8-11-5-3-9-14-13(11)12;1-10-5-7-11(8-6-10)12-4-2-3-9-13-12;1-2-6-10(7-3-1)11-8-4-5-9-12-11;1-2-6-10-8(4-1)9-5-3-7-11-9;4*1-4(6)3-5(2)7;;;;;/h2*1-5,7-9H;2-7,9H,1H3;1-6,8-9H;1-4,6-7H;4*3,6H,1-2H3;;;;;/q5*-1;;;;;;;;;. The van der Waals surface area contributed by atoms with Crippen LogP contribution in [0, 0.1) is 37.3 Å². The molecule has 0 unspecified atom stereocenters. The molecule has 0 saturated heterocycles. The van der Waals surface area contributed by atoms with Crippen LogP contribution in [0.25, 0.3) is 76.4 Å². The topological polar surface area (TPSA) is 214 Å². The third-order valence-electron chi connectivity index (χ3n) is 11.4. The number of hydrogen-bond donors (Lipinski definition) is 4. The molecule has 0 atom stereocenters. The SMILES string of the molecule is CC(=O)C=C(C)O.CC(=O)C=C(C)O.CC(=O)C=C(C)O.CC(=O)C=C(C)O.Cc1c[c-]c(-c2ccccn2)cc1.[Ir].[Ir].[Ir].[Ir].[Ir].[c-]1cccc2ccc3cccnc3c12.[c-]1cccc2ccc3cccnc3c12.[c-]1ccccc1-c1ccccn1.[c-]1ccsc1-c1ccccn1. The minimum atomic E-state index is -0.125. The maximum atomic E-state index is 10.0. The number of aromatic nitrogens is 5. The summed E-state index contributed by atoms with van der Waals surface area (Å²) in [5.74, 6) is -0.250. The first-order valence-corrected chi connectivity index (χ1v) is 29.5. The van der Waals surface area contributed by atoms with Gasteiger partial charge in [0.1, 0.15) is 0 Å². The quantitative estimate of drug-likeness (QED) is 0.0507. The van der Waals surface area contributed by atoms with Crippen molar-refractivity contribution in [2.75, 3.05) is 0 Å². The Labute approximate surface area is 639 Å². The number of ketones is 4. The van der Waals surface area contributed by atoms with E-state index in [1.54, 1.807) is 29.9 Å². The second-order valence-electron chi connectivity index (χ2n) is 19.7. The van der Waals surface area contributed by atoms with Gasteiger partial charge in [0, 0.05) is 156 Å². The fourth-order valence-electron chi connectivity index (χ4n) is 7.78. The smallest absolute Gasteiger partial charge is 0.155 e. The predicted octanol–water partition coefficient (Wildman–Crippen LogP) is 18.5. The molecule has 5 radical (unpaired) electrons. The van der Waals surface area contributed by atoms with Gasteiger partial charge in [0.05, 0.1) is 23.0 Å². The third-order valence-corrected chi connectivity index (χ3v) is 12.2. The van der Waals surface area contributed by atoms with E-state index in [1.165, 1.54) is 107 Å². The van der Waals surface area contributed by atoms with Crippen molar-refractivity contribution in [3.63, 3.8) is 0 Å². The van der Waals surface area contributed by atoms with Crippen molar-refractivity contribution >= 4 is 77.8 Å². The molecule has 0 bridgehead atoms. The summed E-state index contributed by atoms with van der Waals surface area (Å²) in [4.78, 5) is 62.6. The Kier molecular flexibility index (Phi) is 48.8. The van der Waals surface area contributed by atoms with Gasteiger partial charge < -0.3 is 45.3 Å². The van der Waals surface area contributed by atoms with E-state index in [0.29, 0.717) is 0 Å². The van der Waals surface area contributed by atoms with Gasteiger partial charge in [-0.25, -0.2) is 11.3 Å². The molecule has 19 heteroatoms. The van der Waals surface area contributed by atoms with E-state index in [0.717, 1.165) is 54.9 Å². The molecule has 0 amide bonds. The monoisotopic (exact) mass is 2200 g/mol. The van der Waals surface area contributed by atoms with Gasteiger partial charge in [0.2, 0.25) is 0 Å². The van der Waals surface area contributed by atoms with Crippen molar-refractivity contribution in [3.05, 3.63) is 308 Å². The van der Waals surface area contributed by atoms with E-state index < -0.39 is 0 Å². The summed E-state index contributed by atoms with van der Waals surface area (Å²) < 4.78 is 0. The summed E-state index contributed by atoms with van der Waals surface area (Å²) in [6, 6.07) is 77.8. The first kappa shape index (κ1) is 91.0. The van der Waals surface area contributed by atoms with Crippen LogP contribution < -0.4 is 0 Å². The van der Waals surface area contributed by atoms with Gasteiger partial charge in [0.25, 0.3) is 0 Å². The van der Waals surface area contributed by atoms with Crippen molar-refractivity contribution in [1.29, 1.82) is 0 Å². The summed E-state index contributed by atoms with van der Waals surface area (Å²) in [5.41, 5.74) is 8.32. The molecular weight excluding hydrogens is 2130 g/mol. The Morgan fingerprint density at radius 2 is 0.711 bits per heavy atom. The van der Waals surface area contributed by atoms with Crippen molar-refractivity contribution in [2.24, 2.45) is 0 Å². The van der Waals surface area contributed by atoms with E-state index in [9.17, 15) is 19.2 Å². The van der Waals surface area contributed by atoms with Gasteiger partial charge in [-0.3, -0.25) is 19.2 Å². The van der Waals surface area contributed by atoms with Crippen molar-refractivity contribution in [1.82, 2.24) is 24.9 Å². The number of nitrogens with zero attached hydrogens (tertiary/aromatic N) is 5. The van der Waals surface area contributed by atoms with Gasteiger partial charge in [0.15, 0.2) is 23.1 Å². The van der Waals surface area contributed by atoms with E-state index in [1.807, 2.05) is 151 Å². The molecule has 513 valence electrons. The molecule has 6 aromatic carbocycles. The summed E-state index contributed by atoms with van der Waals surface area (Å²) in [5, 5.41) is 42.4. The van der Waals surface area contributed by atoms with Crippen LogP contribution in [0.3, 0.4) is 0 Å². The predicted molar refractivity (Wildman–Crippen MR) is 373 cm³/mol. The van der Waals surface area contributed by atoms with Gasteiger partial charge >= 0.3 is 0 Å². The molecule has 4 N–H and O–H groups in total. The van der Waals surface area contributed by atoms with E-state index >= 15 is 0 Å². The van der Waals surface area contributed by atoms with E-state index in [-0.39, 0.29) is 147 Å². The minimum absolute atomic E-state index is 0. The molecule has 0 spiro atoms. The average Bonchev–Trinajstić information content (AvgIpc) is 1.36. The van der Waals surface area contributed by atoms with Crippen LogP contribution in [0.2, 0.25) is 0 Å². The zero-order valence-corrected chi connectivity index (χ0v) is 67.2. The number of carbonyl (C=O) groups excluding carboxylic acids is 4. The number of carbonyl (C=O) groups is 4. The van der Waals surface area contributed by atoms with Gasteiger partial charge in [-0.2, -0.15) is 12.1 Å². The van der Waals surface area contributed by atoms with Crippen LogP contribution in [0.4, 0.5) is 0 Å². The van der Waals surface area contributed by atoms with Gasteiger partial charge in [-0.1, -0.05) is 84.6 Å². The second kappa shape index (κ2) is 52.1. The Hall–Kier alpha value is -8.10. The Balaban J connectivity index is 0. The molecule has 97 heavy (non-hydrogen) atoms. The Bertz CT molecular complexity index is 3950. The molecule has 0 aliphatic rings. The minimum Gasteiger partial charge on any atom is -0.512 e. The first-order valence-electron chi connectivity index (χ1n) is 28.6. The maximum Gasteiger partial charge on any atom is 0.155 e. The summed E-state index contributed by atoms with van der Waals surface area (Å²) >= 11 is 1.66. The van der Waals surface area contributed by atoms with Crippen LogP contribution in [0.15, 0.2) is 272 Å². The zero-order chi connectivity index (χ0) is 67.0. The normalized spacial score (nSPS) is 10.1. The number of aryl methyl sites for hydroxylation is 1. The van der Waals surface area contributed by atoms with Crippen LogP contribution in [-0.4, -0.2) is 68.5 Å². The molecular formula is C78H72Ir5N5O8S-5. The number of rotatable bonds is 7. The molecule has 12 aromatic rings. The molecule has 6 aromatic heterocycles. The van der Waals surface area contributed by atoms with Crippen molar-refractivity contribution in [2.45, 2.75) is 62.3 Å². The van der Waals surface area contributed by atoms with Crippen LogP contribution >= 0.6 is 11.3 Å². The average molecular weight is 2200 g/mol. The summed E-state index contributed by atoms with van der Waals surface area (Å²) in [6.07, 6.45) is 13.7. The number of benzene rings is 6. The molecule has 13 nitrogen and oxygen atoms in total. The Morgan fingerprint density at radius 3 is 1.03 bits per heavy atom. The molecule has 12 rings (SSSR count). The van der Waals surface area contributed by atoms with Gasteiger partial charge in [-0.05, 0) is 125 Å². The van der Waals surface area contributed by atoms with Crippen molar-refractivity contribution < 1.29 is 140 Å². The number of aliphatic hydroxyl groups is 4. The number of fused-ring (bicyclic) bond motifs is 6. The molecule has 0 aliphatic carbocycles. The fourth-order valence-corrected chi connectivity index (χ4v) is 8.43.